The van der Waals surface area contributed by atoms with Crippen molar-refractivity contribution in [3.63, 3.8) is 0 Å². The number of nitrogens with two attached hydrogens (primary N) is 1. The van der Waals surface area contributed by atoms with Gasteiger partial charge in [-0.25, -0.2) is 8.78 Å². The van der Waals surface area contributed by atoms with Crippen LogP contribution in [0.1, 0.15) is 20.8 Å². The summed E-state index contributed by atoms with van der Waals surface area (Å²) in [6.07, 6.45) is 0.534. The van der Waals surface area contributed by atoms with Crippen molar-refractivity contribution in [2.75, 3.05) is 0 Å². The number of carbonyl (C=O) groups is 1. The molecule has 0 aliphatic rings. The van der Waals surface area contributed by atoms with E-state index in [1.165, 1.54) is 18.2 Å². The van der Waals surface area contributed by atoms with Gasteiger partial charge in [-0.05, 0) is 64.5 Å². The largest absolute Gasteiger partial charge is 0.366 e. The Kier molecular flexibility index (Phi) is 4.87. The zero-order valence-corrected chi connectivity index (χ0v) is 16.1. The fourth-order valence-electron chi connectivity index (χ4n) is 3.23. The molecule has 2 N–H and O–H groups in total. The molecule has 1 amide bonds. The van der Waals surface area contributed by atoms with Crippen LogP contribution in [0.2, 0.25) is 5.02 Å². The molecule has 3 aromatic carbocycles. The van der Waals surface area contributed by atoms with E-state index in [1.807, 2.05) is 24.3 Å². The zero-order chi connectivity index (χ0) is 19.8. The molecular weight excluding hydrogens is 400 g/mol. The predicted molar refractivity (Wildman–Crippen MR) is 110 cm³/mol. The fourth-order valence-corrected chi connectivity index (χ4v) is 4.70. The molecule has 6 heteroatoms. The Morgan fingerprint density at radius 3 is 2.54 bits per heavy atom. The second-order valence-corrected chi connectivity index (χ2v) is 8.06. The number of carbonyl (C=O) groups excluding carboxylic acids is 1. The summed E-state index contributed by atoms with van der Waals surface area (Å²) in [4.78, 5) is 12.5. The second-order valence-electron chi connectivity index (χ2n) is 6.48. The van der Waals surface area contributed by atoms with Crippen LogP contribution in [-0.4, -0.2) is 5.91 Å². The van der Waals surface area contributed by atoms with E-state index in [1.54, 1.807) is 23.5 Å². The van der Waals surface area contributed by atoms with Gasteiger partial charge >= 0.3 is 0 Å². The number of benzene rings is 3. The highest BCUT2D eigenvalue weighted by Crippen LogP contribution is 2.36. The van der Waals surface area contributed by atoms with E-state index in [4.69, 9.17) is 17.3 Å². The van der Waals surface area contributed by atoms with Gasteiger partial charge in [-0.15, -0.1) is 11.3 Å². The summed E-state index contributed by atoms with van der Waals surface area (Å²) in [5.41, 5.74) is 7.61. The monoisotopic (exact) mass is 413 g/mol. The van der Waals surface area contributed by atoms with E-state index in [9.17, 15) is 13.6 Å². The number of hydrogen-bond donors (Lipinski definition) is 1. The van der Waals surface area contributed by atoms with Gasteiger partial charge in [-0.1, -0.05) is 29.8 Å². The first-order valence-corrected chi connectivity index (χ1v) is 9.66. The van der Waals surface area contributed by atoms with Crippen molar-refractivity contribution in [3.05, 3.63) is 93.3 Å². The van der Waals surface area contributed by atoms with Gasteiger partial charge in [0.1, 0.15) is 11.6 Å². The van der Waals surface area contributed by atoms with Gasteiger partial charge in [-0.2, -0.15) is 0 Å². The van der Waals surface area contributed by atoms with Crippen LogP contribution in [0, 0.1) is 11.6 Å². The molecule has 0 aliphatic heterocycles. The Hall–Kier alpha value is -2.76. The minimum Gasteiger partial charge on any atom is -0.366 e. The van der Waals surface area contributed by atoms with E-state index in [2.05, 4.69) is 0 Å². The van der Waals surface area contributed by atoms with Crippen molar-refractivity contribution in [3.8, 4) is 11.1 Å². The lowest BCUT2D eigenvalue weighted by atomic mass is 10.0. The molecule has 140 valence electrons. The number of halogens is 3. The molecule has 28 heavy (non-hydrogen) atoms. The SMILES string of the molecule is NC(=O)c1cc(F)cc(-c2cccc3cc(Cc4cc(F)cc(Cl)c4)sc23)c1. The summed E-state index contributed by atoms with van der Waals surface area (Å²) in [5.74, 6) is -1.57. The quantitative estimate of drug-likeness (QED) is 0.426. The predicted octanol–water partition coefficient (Wildman–Crippen LogP) is 6.19. The van der Waals surface area contributed by atoms with Crippen LogP contribution in [0.5, 0.6) is 0 Å². The molecule has 0 saturated carbocycles. The third kappa shape index (κ3) is 3.77. The van der Waals surface area contributed by atoms with Gasteiger partial charge in [-0.3, -0.25) is 4.79 Å². The molecule has 1 heterocycles. The Morgan fingerprint density at radius 2 is 1.79 bits per heavy atom. The number of primary amides is 1. The first-order chi connectivity index (χ1) is 13.4. The third-order valence-electron chi connectivity index (χ3n) is 4.39. The van der Waals surface area contributed by atoms with E-state index in [0.29, 0.717) is 17.0 Å². The Labute approximate surface area is 169 Å². The fraction of sp³-hybridized carbons (Fsp3) is 0.0455. The van der Waals surface area contributed by atoms with Crippen molar-refractivity contribution in [2.24, 2.45) is 5.73 Å². The van der Waals surface area contributed by atoms with Crippen LogP contribution in [0.4, 0.5) is 8.78 Å². The normalized spacial score (nSPS) is 11.1. The molecule has 0 radical (unpaired) electrons. The van der Waals surface area contributed by atoms with Crippen LogP contribution in [-0.2, 0) is 6.42 Å². The number of fused-ring (bicyclic) bond motifs is 1. The maximum Gasteiger partial charge on any atom is 0.248 e. The van der Waals surface area contributed by atoms with E-state index < -0.39 is 11.7 Å². The minimum absolute atomic E-state index is 0.123. The number of thiophene rings is 1. The standard InChI is InChI=1S/C22H14ClF2NOS/c23-16-4-12(5-17(24)11-16)6-19-10-13-2-1-3-20(21(13)28-19)14-7-15(22(26)27)9-18(25)8-14/h1-5,7-11H,6H2,(H2,26,27). The summed E-state index contributed by atoms with van der Waals surface area (Å²) < 4.78 is 28.6. The first-order valence-electron chi connectivity index (χ1n) is 8.46. The summed E-state index contributed by atoms with van der Waals surface area (Å²) >= 11 is 7.49. The molecule has 4 rings (SSSR count). The molecule has 0 unspecified atom stereocenters. The smallest absolute Gasteiger partial charge is 0.248 e. The van der Waals surface area contributed by atoms with Crippen LogP contribution in [0.15, 0.2) is 60.7 Å². The van der Waals surface area contributed by atoms with Crippen LogP contribution < -0.4 is 5.73 Å². The summed E-state index contributed by atoms with van der Waals surface area (Å²) in [5, 5.41) is 1.35. The lowest BCUT2D eigenvalue weighted by molar-refractivity contribution is 0.1000. The van der Waals surface area contributed by atoms with Crippen LogP contribution >= 0.6 is 22.9 Å². The molecule has 0 atom stereocenters. The summed E-state index contributed by atoms with van der Waals surface area (Å²) in [6, 6.07) is 16.3. The molecule has 0 fully saturated rings. The van der Waals surface area contributed by atoms with Crippen molar-refractivity contribution >= 4 is 38.9 Å². The molecule has 0 bridgehead atoms. The van der Waals surface area contributed by atoms with Crippen LogP contribution in [0.25, 0.3) is 21.2 Å². The van der Waals surface area contributed by atoms with Gasteiger partial charge < -0.3 is 5.73 Å². The highest BCUT2D eigenvalue weighted by molar-refractivity contribution is 7.19. The molecule has 0 aliphatic carbocycles. The molecule has 0 saturated heterocycles. The van der Waals surface area contributed by atoms with Gasteiger partial charge in [0, 0.05) is 26.6 Å². The van der Waals surface area contributed by atoms with E-state index in [-0.39, 0.29) is 11.4 Å². The van der Waals surface area contributed by atoms with Crippen molar-refractivity contribution in [2.45, 2.75) is 6.42 Å². The summed E-state index contributed by atoms with van der Waals surface area (Å²) in [7, 11) is 0. The van der Waals surface area contributed by atoms with Gasteiger partial charge in [0.2, 0.25) is 5.91 Å². The maximum absolute atomic E-state index is 14.0. The van der Waals surface area contributed by atoms with E-state index >= 15 is 0 Å². The topological polar surface area (TPSA) is 43.1 Å². The lowest BCUT2D eigenvalue weighted by Gasteiger charge is -2.06. The molecular formula is C22H14ClF2NOS. The molecule has 0 spiro atoms. The molecule has 4 aromatic rings. The van der Waals surface area contributed by atoms with Crippen molar-refractivity contribution in [1.29, 1.82) is 0 Å². The Balaban J connectivity index is 1.79. The average Bonchev–Trinajstić information content (AvgIpc) is 3.02. The van der Waals surface area contributed by atoms with Crippen molar-refractivity contribution in [1.82, 2.24) is 0 Å². The first kappa shape index (κ1) is 18.6. The van der Waals surface area contributed by atoms with Crippen LogP contribution in [0.3, 0.4) is 0 Å². The van der Waals surface area contributed by atoms with Gasteiger partial charge in [0.15, 0.2) is 0 Å². The highest BCUT2D eigenvalue weighted by atomic mass is 35.5. The zero-order valence-electron chi connectivity index (χ0n) is 14.5. The number of amides is 1. The summed E-state index contributed by atoms with van der Waals surface area (Å²) in [6.45, 7) is 0. The van der Waals surface area contributed by atoms with Crippen molar-refractivity contribution < 1.29 is 13.6 Å². The number of hydrogen-bond acceptors (Lipinski definition) is 2. The van der Waals surface area contributed by atoms with E-state index in [0.717, 1.165) is 32.2 Å². The lowest BCUT2D eigenvalue weighted by Crippen LogP contribution is -2.11. The highest BCUT2D eigenvalue weighted by Gasteiger charge is 2.12. The second kappa shape index (κ2) is 7.34. The Bertz CT molecular complexity index is 1200. The Morgan fingerprint density at radius 1 is 1.00 bits per heavy atom. The molecule has 1 aromatic heterocycles. The average molecular weight is 414 g/mol. The minimum atomic E-state index is -0.678. The third-order valence-corrected chi connectivity index (χ3v) is 5.79. The maximum atomic E-state index is 14.0. The molecule has 2 nitrogen and oxygen atoms in total. The van der Waals surface area contributed by atoms with Gasteiger partial charge in [0.05, 0.1) is 0 Å². The van der Waals surface area contributed by atoms with Gasteiger partial charge in [0.25, 0.3) is 0 Å². The number of rotatable bonds is 4.